The fourth-order valence-electron chi connectivity index (χ4n) is 3.87. The Kier molecular flexibility index (Phi) is 6.74. The van der Waals surface area contributed by atoms with Gasteiger partial charge in [-0.25, -0.2) is 4.39 Å². The lowest BCUT2D eigenvalue weighted by molar-refractivity contribution is 0.386. The number of halogens is 1. The molecule has 3 aromatic rings. The molecule has 6 nitrogen and oxygen atoms in total. The van der Waals surface area contributed by atoms with E-state index < -0.39 is 5.82 Å². The molecule has 33 heavy (non-hydrogen) atoms. The molecule has 1 aliphatic rings. The fourth-order valence-corrected chi connectivity index (χ4v) is 4.21. The van der Waals surface area contributed by atoms with E-state index in [0.29, 0.717) is 28.3 Å². The summed E-state index contributed by atoms with van der Waals surface area (Å²) in [5.41, 5.74) is 3.36. The van der Waals surface area contributed by atoms with E-state index in [-0.39, 0.29) is 11.8 Å². The van der Waals surface area contributed by atoms with Gasteiger partial charge in [-0.15, -0.1) is 0 Å². The van der Waals surface area contributed by atoms with Crippen molar-refractivity contribution in [3.8, 4) is 17.1 Å². The van der Waals surface area contributed by atoms with Crippen LogP contribution in [0.25, 0.3) is 17.0 Å². The van der Waals surface area contributed by atoms with Crippen LogP contribution >= 0.6 is 12.2 Å². The molecule has 2 aromatic carbocycles. The highest BCUT2D eigenvalue weighted by Gasteiger charge is 2.34. The molecule has 0 spiro atoms. The summed E-state index contributed by atoms with van der Waals surface area (Å²) in [6, 6.07) is 14.4. The SMILES string of the molecule is COc1ccc(-c2noc(C3=C(C)N(CCC(C)C)C(=S)NC3c3ccccc3)n2)cc1F. The molecule has 172 valence electrons. The van der Waals surface area contributed by atoms with Gasteiger partial charge < -0.3 is 19.5 Å². The predicted octanol–water partition coefficient (Wildman–Crippen LogP) is 5.59. The highest BCUT2D eigenvalue weighted by molar-refractivity contribution is 7.80. The summed E-state index contributed by atoms with van der Waals surface area (Å²) in [4.78, 5) is 6.71. The molecule has 1 unspecified atom stereocenters. The van der Waals surface area contributed by atoms with Crippen molar-refractivity contribution in [2.75, 3.05) is 13.7 Å². The van der Waals surface area contributed by atoms with Crippen LogP contribution < -0.4 is 10.1 Å². The van der Waals surface area contributed by atoms with Crippen molar-refractivity contribution >= 4 is 22.9 Å². The molecule has 1 aromatic heterocycles. The summed E-state index contributed by atoms with van der Waals surface area (Å²) in [5.74, 6) is 0.896. The number of methoxy groups -OCH3 is 1. The van der Waals surface area contributed by atoms with Crippen LogP contribution in [0.5, 0.6) is 5.75 Å². The molecular formula is C25H27FN4O2S. The summed E-state index contributed by atoms with van der Waals surface area (Å²) in [6.07, 6.45) is 0.989. The third kappa shape index (κ3) is 4.75. The van der Waals surface area contributed by atoms with E-state index >= 15 is 0 Å². The van der Waals surface area contributed by atoms with E-state index in [4.69, 9.17) is 21.5 Å². The Balaban J connectivity index is 1.77. The third-order valence-electron chi connectivity index (χ3n) is 5.73. The summed E-state index contributed by atoms with van der Waals surface area (Å²) < 4.78 is 24.9. The largest absolute Gasteiger partial charge is 0.494 e. The van der Waals surface area contributed by atoms with E-state index in [1.54, 1.807) is 12.1 Å². The quantitative estimate of drug-likeness (QED) is 0.455. The topological polar surface area (TPSA) is 63.4 Å². The number of benzene rings is 2. The van der Waals surface area contributed by atoms with Gasteiger partial charge >= 0.3 is 0 Å². The van der Waals surface area contributed by atoms with Crippen molar-refractivity contribution in [3.63, 3.8) is 0 Å². The molecule has 1 N–H and O–H groups in total. The number of allylic oxidation sites excluding steroid dienone is 1. The molecule has 1 aliphatic heterocycles. The minimum absolute atomic E-state index is 0.163. The number of ether oxygens (including phenoxy) is 1. The van der Waals surface area contributed by atoms with E-state index in [0.717, 1.165) is 29.8 Å². The molecule has 0 amide bonds. The lowest BCUT2D eigenvalue weighted by Crippen LogP contribution is -2.46. The first-order chi connectivity index (χ1) is 15.9. The van der Waals surface area contributed by atoms with Gasteiger partial charge in [0.2, 0.25) is 5.82 Å². The van der Waals surface area contributed by atoms with Gasteiger partial charge in [0, 0.05) is 17.8 Å². The van der Waals surface area contributed by atoms with E-state index in [2.05, 4.69) is 34.2 Å². The van der Waals surface area contributed by atoms with Gasteiger partial charge in [0.05, 0.1) is 18.7 Å². The van der Waals surface area contributed by atoms with E-state index in [1.165, 1.54) is 13.2 Å². The minimum atomic E-state index is -0.483. The van der Waals surface area contributed by atoms with Gasteiger partial charge in [0.1, 0.15) is 0 Å². The van der Waals surface area contributed by atoms with Crippen LogP contribution in [0.3, 0.4) is 0 Å². The Morgan fingerprint density at radius 3 is 2.64 bits per heavy atom. The zero-order valence-corrected chi connectivity index (χ0v) is 19.9. The number of nitrogens with zero attached hydrogens (tertiary/aromatic N) is 3. The van der Waals surface area contributed by atoms with Gasteiger partial charge in [-0.05, 0) is 55.2 Å². The Morgan fingerprint density at radius 2 is 1.97 bits per heavy atom. The van der Waals surface area contributed by atoms with Crippen molar-refractivity contribution in [3.05, 3.63) is 71.5 Å². The zero-order chi connectivity index (χ0) is 23.5. The zero-order valence-electron chi connectivity index (χ0n) is 19.1. The average molecular weight is 467 g/mol. The standard InChI is InChI=1S/C25H27FN4O2S/c1-15(2)12-13-30-16(3)21(22(27-25(30)33)17-8-6-5-7-9-17)24-28-23(29-32-24)18-10-11-20(31-4)19(26)14-18/h5-11,14-15,22H,12-13H2,1-4H3,(H,27,33). The predicted molar refractivity (Wildman–Crippen MR) is 130 cm³/mol. The normalized spacial score (nSPS) is 16.4. The number of thiocarbonyl (C=S) groups is 1. The highest BCUT2D eigenvalue weighted by Crippen LogP contribution is 2.37. The number of rotatable bonds is 7. The lowest BCUT2D eigenvalue weighted by atomic mass is 9.94. The molecule has 2 heterocycles. The van der Waals surface area contributed by atoms with Crippen LogP contribution in [0.1, 0.15) is 44.7 Å². The second kappa shape index (κ2) is 9.70. The van der Waals surface area contributed by atoms with Crippen LogP contribution in [-0.4, -0.2) is 33.8 Å². The van der Waals surface area contributed by atoms with Crippen molar-refractivity contribution in [1.29, 1.82) is 0 Å². The molecular weight excluding hydrogens is 439 g/mol. The maximum atomic E-state index is 14.2. The second-order valence-electron chi connectivity index (χ2n) is 8.40. The summed E-state index contributed by atoms with van der Waals surface area (Å²) in [5, 5.41) is 8.26. The summed E-state index contributed by atoms with van der Waals surface area (Å²) >= 11 is 5.72. The Labute approximate surface area is 198 Å². The lowest BCUT2D eigenvalue weighted by Gasteiger charge is -2.37. The van der Waals surface area contributed by atoms with Crippen LogP contribution in [0.4, 0.5) is 4.39 Å². The van der Waals surface area contributed by atoms with Crippen LogP contribution in [-0.2, 0) is 0 Å². The smallest absolute Gasteiger partial charge is 0.258 e. The molecule has 1 atom stereocenters. The molecule has 0 aliphatic carbocycles. The first kappa shape index (κ1) is 22.9. The Hall–Kier alpha value is -3.26. The molecule has 0 saturated carbocycles. The maximum absolute atomic E-state index is 14.2. The number of hydrogen-bond donors (Lipinski definition) is 1. The highest BCUT2D eigenvalue weighted by atomic mass is 32.1. The summed E-state index contributed by atoms with van der Waals surface area (Å²) in [7, 11) is 1.43. The monoisotopic (exact) mass is 466 g/mol. The molecule has 0 bridgehead atoms. The van der Waals surface area contributed by atoms with E-state index in [9.17, 15) is 4.39 Å². The molecule has 4 rings (SSSR count). The van der Waals surface area contributed by atoms with Crippen molar-refractivity contribution in [2.45, 2.75) is 33.2 Å². The molecule has 0 saturated heterocycles. The molecule has 0 fully saturated rings. The number of aromatic nitrogens is 2. The number of nitrogens with one attached hydrogen (secondary N) is 1. The van der Waals surface area contributed by atoms with Crippen LogP contribution in [0.15, 0.2) is 58.8 Å². The number of hydrogen-bond acceptors (Lipinski definition) is 5. The van der Waals surface area contributed by atoms with E-state index in [1.807, 2.05) is 37.3 Å². The van der Waals surface area contributed by atoms with Crippen LogP contribution in [0.2, 0.25) is 0 Å². The van der Waals surface area contributed by atoms with Gasteiger partial charge in [0.15, 0.2) is 16.7 Å². The Bertz CT molecular complexity index is 1180. The third-order valence-corrected chi connectivity index (χ3v) is 6.06. The van der Waals surface area contributed by atoms with Gasteiger partial charge in [-0.2, -0.15) is 4.98 Å². The first-order valence-corrected chi connectivity index (χ1v) is 11.3. The molecule has 8 heteroatoms. The van der Waals surface area contributed by atoms with Crippen LogP contribution in [0, 0.1) is 11.7 Å². The fraction of sp³-hybridized carbons (Fsp3) is 0.320. The Morgan fingerprint density at radius 1 is 1.21 bits per heavy atom. The minimum Gasteiger partial charge on any atom is -0.494 e. The first-order valence-electron chi connectivity index (χ1n) is 10.9. The molecule has 0 radical (unpaired) electrons. The summed E-state index contributed by atoms with van der Waals surface area (Å²) in [6.45, 7) is 7.18. The average Bonchev–Trinajstić information content (AvgIpc) is 3.28. The van der Waals surface area contributed by atoms with Crippen molar-refractivity contribution in [2.24, 2.45) is 5.92 Å². The van der Waals surface area contributed by atoms with Gasteiger partial charge in [-0.3, -0.25) is 0 Å². The second-order valence-corrected chi connectivity index (χ2v) is 8.79. The maximum Gasteiger partial charge on any atom is 0.258 e. The van der Waals surface area contributed by atoms with Gasteiger partial charge in [-0.1, -0.05) is 49.3 Å². The van der Waals surface area contributed by atoms with Gasteiger partial charge in [0.25, 0.3) is 5.89 Å². The van der Waals surface area contributed by atoms with Crippen molar-refractivity contribution in [1.82, 2.24) is 20.4 Å². The van der Waals surface area contributed by atoms with Crippen molar-refractivity contribution < 1.29 is 13.7 Å².